The van der Waals surface area contributed by atoms with Crippen molar-refractivity contribution in [2.24, 2.45) is 0 Å². The molecule has 13 heavy (non-hydrogen) atoms. The van der Waals surface area contributed by atoms with E-state index < -0.39 is 0 Å². The van der Waals surface area contributed by atoms with Crippen LogP contribution in [0.5, 0.6) is 0 Å². The van der Waals surface area contributed by atoms with Crippen LogP contribution in [0, 0.1) is 0 Å². The van der Waals surface area contributed by atoms with Crippen molar-refractivity contribution in [1.82, 2.24) is 24.6 Å². The molecule has 0 N–H and O–H groups in total. The zero-order valence-corrected chi connectivity index (χ0v) is 6.62. The second-order valence-electron chi connectivity index (χ2n) is 2.68. The zero-order valence-electron chi connectivity index (χ0n) is 6.62. The highest BCUT2D eigenvalue weighted by Crippen LogP contribution is 2.08. The Morgan fingerprint density at radius 1 is 1.31 bits per heavy atom. The smallest absolute Gasteiger partial charge is 0.252 e. The molecule has 0 saturated carbocycles. The topological polar surface area (TPSA) is 56.0 Å². The summed E-state index contributed by atoms with van der Waals surface area (Å²) in [6, 6.07) is 1.85. The number of pyridine rings is 1. The molecule has 0 atom stereocenters. The zero-order chi connectivity index (χ0) is 8.67. The van der Waals surface area contributed by atoms with Gasteiger partial charge in [0, 0.05) is 24.0 Å². The number of rotatable bonds is 0. The molecule has 5 heteroatoms. The van der Waals surface area contributed by atoms with Gasteiger partial charge in [-0.15, -0.1) is 0 Å². The Morgan fingerprint density at radius 3 is 3.31 bits per heavy atom. The summed E-state index contributed by atoms with van der Waals surface area (Å²) in [7, 11) is 0. The molecule has 3 heterocycles. The maximum Gasteiger partial charge on any atom is 0.252 e. The predicted molar refractivity (Wildman–Crippen MR) is 46.1 cm³/mol. The first-order chi connectivity index (χ1) is 6.43. The lowest BCUT2D eigenvalue weighted by Crippen LogP contribution is -1.91. The minimum atomic E-state index is 0.610. The quantitative estimate of drug-likeness (QED) is 0.499. The van der Waals surface area contributed by atoms with E-state index in [1.165, 1.54) is 6.33 Å². The normalized spacial score (nSPS) is 11.1. The maximum atomic E-state index is 4.29. The van der Waals surface area contributed by atoms with Gasteiger partial charge in [-0.1, -0.05) is 0 Å². The van der Waals surface area contributed by atoms with Gasteiger partial charge in [0.15, 0.2) is 0 Å². The van der Waals surface area contributed by atoms with Gasteiger partial charge in [0.25, 0.3) is 5.78 Å². The monoisotopic (exact) mass is 171 g/mol. The van der Waals surface area contributed by atoms with Crippen LogP contribution in [-0.2, 0) is 0 Å². The van der Waals surface area contributed by atoms with Gasteiger partial charge in [-0.25, -0.2) is 9.50 Å². The van der Waals surface area contributed by atoms with Gasteiger partial charge >= 0.3 is 0 Å². The highest BCUT2D eigenvalue weighted by Gasteiger charge is 1.99. The summed E-state index contributed by atoms with van der Waals surface area (Å²) < 4.78 is 1.63. The molecule has 0 amide bonds. The Balaban J connectivity index is 2.57. The molecule has 0 radical (unpaired) electrons. The molecule has 5 nitrogen and oxygen atoms in total. The second kappa shape index (κ2) is 2.22. The first kappa shape index (κ1) is 6.47. The van der Waals surface area contributed by atoms with Crippen LogP contribution < -0.4 is 0 Å². The lowest BCUT2D eigenvalue weighted by atomic mass is 10.3. The first-order valence-corrected chi connectivity index (χ1v) is 3.83. The van der Waals surface area contributed by atoms with E-state index in [0.717, 1.165) is 10.9 Å². The van der Waals surface area contributed by atoms with E-state index >= 15 is 0 Å². The van der Waals surface area contributed by atoms with Crippen molar-refractivity contribution in [3.63, 3.8) is 0 Å². The Morgan fingerprint density at radius 2 is 2.31 bits per heavy atom. The Labute approximate surface area is 73.1 Å². The fraction of sp³-hybridized carbons (Fsp3) is 0. The summed E-state index contributed by atoms with van der Waals surface area (Å²) in [6.07, 6.45) is 6.80. The van der Waals surface area contributed by atoms with E-state index in [4.69, 9.17) is 0 Å². The molecule has 0 aromatic carbocycles. The molecule has 0 saturated heterocycles. The molecule has 0 unspecified atom stereocenters. The molecule has 0 spiro atoms. The maximum absolute atomic E-state index is 4.29. The van der Waals surface area contributed by atoms with Crippen LogP contribution >= 0.6 is 0 Å². The minimum Gasteiger partial charge on any atom is -0.264 e. The van der Waals surface area contributed by atoms with Gasteiger partial charge in [-0.3, -0.25) is 4.98 Å². The van der Waals surface area contributed by atoms with Crippen molar-refractivity contribution >= 4 is 16.7 Å². The molecule has 0 aliphatic heterocycles. The Kier molecular flexibility index (Phi) is 1.11. The second-order valence-corrected chi connectivity index (χ2v) is 2.68. The fourth-order valence-corrected chi connectivity index (χ4v) is 1.26. The Hall–Kier alpha value is -2.04. The van der Waals surface area contributed by atoms with Crippen LogP contribution in [0.4, 0.5) is 0 Å². The van der Waals surface area contributed by atoms with Crippen molar-refractivity contribution in [3.8, 4) is 0 Å². The molecule has 0 bridgehead atoms. The molecule has 3 rings (SSSR count). The summed E-state index contributed by atoms with van der Waals surface area (Å²) in [5.74, 6) is 0.610. The van der Waals surface area contributed by atoms with Crippen molar-refractivity contribution in [2.45, 2.75) is 0 Å². The van der Waals surface area contributed by atoms with E-state index in [1.54, 1.807) is 16.9 Å². The number of aromatic nitrogens is 5. The van der Waals surface area contributed by atoms with E-state index in [1.807, 2.05) is 12.3 Å². The first-order valence-electron chi connectivity index (χ1n) is 3.83. The SMILES string of the molecule is c1cc2nc3ncnn3cc2cn1. The van der Waals surface area contributed by atoms with E-state index in [-0.39, 0.29) is 0 Å². The summed E-state index contributed by atoms with van der Waals surface area (Å²) in [5.41, 5.74) is 0.885. The average molecular weight is 171 g/mol. The Bertz CT molecular complexity index is 521. The average Bonchev–Trinajstić information content (AvgIpc) is 2.61. The molecule has 3 aromatic heterocycles. The van der Waals surface area contributed by atoms with Gasteiger partial charge in [-0.2, -0.15) is 10.1 Å². The lowest BCUT2D eigenvalue weighted by Gasteiger charge is -1.95. The number of nitrogens with zero attached hydrogens (tertiary/aromatic N) is 5. The van der Waals surface area contributed by atoms with Crippen molar-refractivity contribution < 1.29 is 0 Å². The summed E-state index contributed by atoms with van der Waals surface area (Å²) in [4.78, 5) is 12.3. The lowest BCUT2D eigenvalue weighted by molar-refractivity contribution is 0.952. The number of hydrogen-bond donors (Lipinski definition) is 0. The van der Waals surface area contributed by atoms with Crippen LogP contribution in [-0.4, -0.2) is 24.6 Å². The minimum absolute atomic E-state index is 0.610. The van der Waals surface area contributed by atoms with E-state index in [9.17, 15) is 0 Å². The van der Waals surface area contributed by atoms with Gasteiger partial charge < -0.3 is 0 Å². The van der Waals surface area contributed by atoms with Crippen molar-refractivity contribution in [1.29, 1.82) is 0 Å². The third-order valence-corrected chi connectivity index (χ3v) is 1.86. The molecular formula is C8H5N5. The molecule has 0 aliphatic rings. The summed E-state index contributed by atoms with van der Waals surface area (Å²) in [6.45, 7) is 0. The molecule has 0 aliphatic carbocycles. The van der Waals surface area contributed by atoms with Gasteiger partial charge in [0.2, 0.25) is 0 Å². The van der Waals surface area contributed by atoms with Gasteiger partial charge in [0.05, 0.1) is 5.52 Å². The third-order valence-electron chi connectivity index (χ3n) is 1.86. The van der Waals surface area contributed by atoms with Gasteiger partial charge in [-0.05, 0) is 6.07 Å². The fourth-order valence-electron chi connectivity index (χ4n) is 1.26. The van der Waals surface area contributed by atoms with Crippen LogP contribution in [0.25, 0.3) is 16.7 Å². The predicted octanol–water partition coefficient (Wildman–Crippen LogP) is 0.672. The van der Waals surface area contributed by atoms with Crippen molar-refractivity contribution in [3.05, 3.63) is 31.0 Å². The summed E-state index contributed by atoms with van der Waals surface area (Å²) in [5, 5.41) is 4.94. The van der Waals surface area contributed by atoms with Crippen LogP contribution in [0.1, 0.15) is 0 Å². The van der Waals surface area contributed by atoms with Crippen LogP contribution in [0.15, 0.2) is 31.0 Å². The highest BCUT2D eigenvalue weighted by molar-refractivity contribution is 5.77. The standard InChI is InChI=1S/C8H5N5/c1-2-9-3-6-4-13-8(10-5-11-13)12-7(1)6/h1-5H. The largest absolute Gasteiger partial charge is 0.264 e. The highest BCUT2D eigenvalue weighted by atomic mass is 15.3. The third kappa shape index (κ3) is 0.868. The molecule has 3 aromatic rings. The van der Waals surface area contributed by atoms with E-state index in [2.05, 4.69) is 20.1 Å². The van der Waals surface area contributed by atoms with E-state index in [0.29, 0.717) is 5.78 Å². The molecule has 62 valence electrons. The van der Waals surface area contributed by atoms with Crippen LogP contribution in [0.2, 0.25) is 0 Å². The summed E-state index contributed by atoms with van der Waals surface area (Å²) >= 11 is 0. The van der Waals surface area contributed by atoms with Gasteiger partial charge in [0.1, 0.15) is 6.33 Å². The number of hydrogen-bond acceptors (Lipinski definition) is 4. The molecule has 0 fully saturated rings. The number of fused-ring (bicyclic) bond motifs is 2. The van der Waals surface area contributed by atoms with Crippen molar-refractivity contribution in [2.75, 3.05) is 0 Å². The van der Waals surface area contributed by atoms with Crippen LogP contribution in [0.3, 0.4) is 0 Å². The molecular weight excluding hydrogens is 166 g/mol.